The van der Waals surface area contributed by atoms with Crippen molar-refractivity contribution in [3.63, 3.8) is 0 Å². The van der Waals surface area contributed by atoms with E-state index in [-0.39, 0.29) is 6.04 Å². The smallest absolute Gasteiger partial charge is 0.112 e. The number of hydrogen-bond donors (Lipinski definition) is 2. The molecule has 3 heteroatoms. The molecule has 0 amide bonds. The van der Waals surface area contributed by atoms with E-state index in [4.69, 9.17) is 11.1 Å². The molecular weight excluding hydrogens is 222 g/mol. The molecular formula is C15H15N3. The Kier molecular flexibility index (Phi) is 4.08. The van der Waals surface area contributed by atoms with Crippen molar-refractivity contribution in [3.8, 4) is 17.2 Å². The van der Waals surface area contributed by atoms with Crippen LogP contribution in [0.3, 0.4) is 0 Å². The summed E-state index contributed by atoms with van der Waals surface area (Å²) in [5.41, 5.74) is 5.95. The molecule has 0 bridgehead atoms. The topological polar surface area (TPSA) is 61.8 Å². The SMILES string of the molecule is N#CC(Cc1ccc(-c2ccccc2)cc1)NN. The van der Waals surface area contributed by atoms with E-state index in [2.05, 4.69) is 35.8 Å². The Bertz CT molecular complexity index is 526. The van der Waals surface area contributed by atoms with E-state index in [1.54, 1.807) is 0 Å². The lowest BCUT2D eigenvalue weighted by Gasteiger charge is -2.08. The van der Waals surface area contributed by atoms with Gasteiger partial charge in [-0.15, -0.1) is 0 Å². The van der Waals surface area contributed by atoms with Crippen molar-refractivity contribution in [3.05, 3.63) is 60.2 Å². The Morgan fingerprint density at radius 2 is 1.61 bits per heavy atom. The van der Waals surface area contributed by atoms with Crippen molar-refractivity contribution in [1.29, 1.82) is 5.26 Å². The number of nitrogens with two attached hydrogens (primary N) is 1. The van der Waals surface area contributed by atoms with Gasteiger partial charge in [0.15, 0.2) is 0 Å². The number of nitrogens with zero attached hydrogens (tertiary/aromatic N) is 1. The summed E-state index contributed by atoms with van der Waals surface area (Å²) in [6, 6.07) is 20.2. The lowest BCUT2D eigenvalue weighted by molar-refractivity contribution is 0.627. The highest BCUT2D eigenvalue weighted by Crippen LogP contribution is 2.19. The van der Waals surface area contributed by atoms with E-state index in [9.17, 15) is 0 Å². The molecule has 0 spiro atoms. The minimum atomic E-state index is -0.340. The van der Waals surface area contributed by atoms with Crippen LogP contribution in [-0.2, 0) is 6.42 Å². The molecule has 90 valence electrons. The summed E-state index contributed by atoms with van der Waals surface area (Å²) >= 11 is 0. The van der Waals surface area contributed by atoms with Crippen LogP contribution in [0.25, 0.3) is 11.1 Å². The highest BCUT2D eigenvalue weighted by atomic mass is 15.2. The average molecular weight is 237 g/mol. The first kappa shape index (κ1) is 12.3. The predicted molar refractivity (Wildman–Crippen MR) is 72.3 cm³/mol. The molecule has 18 heavy (non-hydrogen) atoms. The van der Waals surface area contributed by atoms with Crippen LogP contribution in [0.4, 0.5) is 0 Å². The minimum Gasteiger partial charge on any atom is -0.270 e. The summed E-state index contributed by atoms with van der Waals surface area (Å²) in [5, 5.41) is 8.83. The first-order valence-corrected chi connectivity index (χ1v) is 5.83. The van der Waals surface area contributed by atoms with Gasteiger partial charge < -0.3 is 0 Å². The quantitative estimate of drug-likeness (QED) is 0.633. The summed E-state index contributed by atoms with van der Waals surface area (Å²) in [5.74, 6) is 5.28. The minimum absolute atomic E-state index is 0.340. The summed E-state index contributed by atoms with van der Waals surface area (Å²) in [6.45, 7) is 0. The Morgan fingerprint density at radius 3 is 2.17 bits per heavy atom. The van der Waals surface area contributed by atoms with Crippen molar-refractivity contribution >= 4 is 0 Å². The Balaban J connectivity index is 2.14. The first-order valence-electron chi connectivity index (χ1n) is 5.83. The van der Waals surface area contributed by atoms with E-state index < -0.39 is 0 Å². The largest absolute Gasteiger partial charge is 0.270 e. The number of nitrogens with one attached hydrogen (secondary N) is 1. The van der Waals surface area contributed by atoms with Crippen LogP contribution in [0, 0.1) is 11.3 Å². The molecule has 0 aliphatic rings. The number of hydrogen-bond acceptors (Lipinski definition) is 3. The highest BCUT2D eigenvalue weighted by molar-refractivity contribution is 5.63. The van der Waals surface area contributed by atoms with Gasteiger partial charge in [-0.2, -0.15) is 5.26 Å². The van der Waals surface area contributed by atoms with Gasteiger partial charge in [-0.25, -0.2) is 5.43 Å². The third kappa shape index (κ3) is 2.95. The number of hydrazine groups is 1. The summed E-state index contributed by atoms with van der Waals surface area (Å²) in [4.78, 5) is 0. The van der Waals surface area contributed by atoms with Gasteiger partial charge >= 0.3 is 0 Å². The monoisotopic (exact) mass is 237 g/mol. The summed E-state index contributed by atoms with van der Waals surface area (Å²) < 4.78 is 0. The lowest BCUT2D eigenvalue weighted by atomic mass is 10.0. The van der Waals surface area contributed by atoms with Crippen LogP contribution in [0.15, 0.2) is 54.6 Å². The first-order chi connectivity index (χ1) is 8.83. The second-order valence-corrected chi connectivity index (χ2v) is 4.12. The van der Waals surface area contributed by atoms with E-state index >= 15 is 0 Å². The van der Waals surface area contributed by atoms with E-state index in [0.29, 0.717) is 6.42 Å². The van der Waals surface area contributed by atoms with E-state index in [1.807, 2.05) is 30.3 Å². The van der Waals surface area contributed by atoms with Gasteiger partial charge in [0.1, 0.15) is 6.04 Å². The van der Waals surface area contributed by atoms with Crippen molar-refractivity contribution in [2.75, 3.05) is 0 Å². The highest BCUT2D eigenvalue weighted by Gasteiger charge is 2.05. The molecule has 0 fully saturated rings. The number of rotatable bonds is 4. The summed E-state index contributed by atoms with van der Waals surface area (Å²) in [6.07, 6.45) is 0.613. The van der Waals surface area contributed by atoms with Gasteiger partial charge in [0, 0.05) is 6.42 Å². The van der Waals surface area contributed by atoms with Crippen molar-refractivity contribution in [2.45, 2.75) is 12.5 Å². The fourth-order valence-corrected chi connectivity index (χ4v) is 1.84. The van der Waals surface area contributed by atoms with Crippen LogP contribution < -0.4 is 11.3 Å². The zero-order chi connectivity index (χ0) is 12.8. The third-order valence-corrected chi connectivity index (χ3v) is 2.86. The molecule has 2 aromatic carbocycles. The van der Waals surface area contributed by atoms with Crippen molar-refractivity contribution in [1.82, 2.24) is 5.43 Å². The maximum absolute atomic E-state index is 8.83. The van der Waals surface area contributed by atoms with Gasteiger partial charge in [-0.1, -0.05) is 54.6 Å². The van der Waals surface area contributed by atoms with Gasteiger partial charge in [0.2, 0.25) is 0 Å². The fraction of sp³-hybridized carbons (Fsp3) is 0.133. The maximum Gasteiger partial charge on any atom is 0.112 e. The molecule has 1 unspecified atom stereocenters. The fourth-order valence-electron chi connectivity index (χ4n) is 1.84. The molecule has 3 N–H and O–H groups in total. The number of nitriles is 1. The normalized spacial score (nSPS) is 11.8. The van der Waals surface area contributed by atoms with Crippen LogP contribution in [0.1, 0.15) is 5.56 Å². The Hall–Kier alpha value is -2.15. The summed E-state index contributed by atoms with van der Waals surface area (Å²) in [7, 11) is 0. The standard InChI is InChI=1S/C15H15N3/c16-11-15(18-17)10-12-6-8-14(9-7-12)13-4-2-1-3-5-13/h1-9,15,18H,10,17H2. The molecule has 2 rings (SSSR count). The van der Waals surface area contributed by atoms with Gasteiger partial charge in [-0.3, -0.25) is 5.84 Å². The second kappa shape index (κ2) is 5.97. The van der Waals surface area contributed by atoms with Crippen molar-refractivity contribution in [2.24, 2.45) is 5.84 Å². The maximum atomic E-state index is 8.83. The molecule has 0 aliphatic heterocycles. The van der Waals surface area contributed by atoms with Crippen LogP contribution in [0.2, 0.25) is 0 Å². The Morgan fingerprint density at radius 1 is 1.00 bits per heavy atom. The predicted octanol–water partition coefficient (Wildman–Crippen LogP) is 2.25. The Labute approximate surface area is 107 Å². The van der Waals surface area contributed by atoms with Crippen LogP contribution in [-0.4, -0.2) is 6.04 Å². The molecule has 3 nitrogen and oxygen atoms in total. The van der Waals surface area contributed by atoms with Crippen molar-refractivity contribution < 1.29 is 0 Å². The second-order valence-electron chi connectivity index (χ2n) is 4.12. The van der Waals surface area contributed by atoms with Gasteiger partial charge in [-0.05, 0) is 16.7 Å². The van der Waals surface area contributed by atoms with Crippen LogP contribution in [0.5, 0.6) is 0 Å². The molecule has 0 heterocycles. The molecule has 2 aromatic rings. The van der Waals surface area contributed by atoms with E-state index in [1.165, 1.54) is 11.1 Å². The molecule has 0 aliphatic carbocycles. The zero-order valence-electron chi connectivity index (χ0n) is 10.0. The molecule has 1 atom stereocenters. The van der Waals surface area contributed by atoms with Gasteiger partial charge in [0.25, 0.3) is 0 Å². The van der Waals surface area contributed by atoms with E-state index in [0.717, 1.165) is 5.56 Å². The van der Waals surface area contributed by atoms with Gasteiger partial charge in [0.05, 0.1) is 6.07 Å². The third-order valence-electron chi connectivity index (χ3n) is 2.86. The average Bonchev–Trinajstić information content (AvgIpc) is 2.46. The van der Waals surface area contributed by atoms with Crippen LogP contribution >= 0.6 is 0 Å². The number of benzene rings is 2. The lowest BCUT2D eigenvalue weighted by Crippen LogP contribution is -2.35. The zero-order valence-corrected chi connectivity index (χ0v) is 10.0. The molecule has 0 saturated heterocycles. The molecule has 0 radical (unpaired) electrons. The molecule has 0 aromatic heterocycles. The molecule has 0 saturated carbocycles.